The van der Waals surface area contributed by atoms with Crippen LogP contribution < -0.4 is 5.43 Å². The summed E-state index contributed by atoms with van der Waals surface area (Å²) in [4.78, 5) is 31.8. The van der Waals surface area contributed by atoms with Gasteiger partial charge in [-0.1, -0.05) is 28.1 Å². The van der Waals surface area contributed by atoms with Gasteiger partial charge in [-0.05, 0) is 69.2 Å². The molecule has 3 aromatic rings. The Balaban J connectivity index is 1.86. The molecular weight excluding hydrogens is 464 g/mol. The van der Waals surface area contributed by atoms with Crippen LogP contribution in [0.5, 0.6) is 0 Å². The van der Waals surface area contributed by atoms with Crippen LogP contribution >= 0.6 is 27.7 Å². The van der Waals surface area contributed by atoms with E-state index in [4.69, 9.17) is 4.42 Å². The number of thioether (sulfide) groups is 1. The number of fused-ring (bicyclic) bond motifs is 2. The fourth-order valence-electron chi connectivity index (χ4n) is 3.91. The molecule has 7 heteroatoms. The zero-order valence-corrected chi connectivity index (χ0v) is 19.5. The fraction of sp³-hybridized carbons (Fsp3) is 0.304. The Bertz CT molecular complexity index is 1160. The molecule has 30 heavy (non-hydrogen) atoms. The van der Waals surface area contributed by atoms with Crippen LogP contribution in [0, 0.1) is 0 Å². The number of benzene rings is 2. The molecule has 1 unspecified atom stereocenters. The topological polar surface area (TPSA) is 53.8 Å². The van der Waals surface area contributed by atoms with Gasteiger partial charge in [-0.15, -0.1) is 11.8 Å². The lowest BCUT2D eigenvalue weighted by Crippen LogP contribution is -2.32. The quantitative estimate of drug-likeness (QED) is 0.469. The molecule has 1 atom stereocenters. The predicted octanol–water partition coefficient (Wildman–Crippen LogP) is 4.77. The van der Waals surface area contributed by atoms with Crippen molar-refractivity contribution in [1.29, 1.82) is 0 Å². The molecule has 1 amide bonds. The first-order valence-electron chi connectivity index (χ1n) is 9.76. The minimum Gasteiger partial charge on any atom is -0.450 e. The van der Waals surface area contributed by atoms with Gasteiger partial charge in [0, 0.05) is 15.9 Å². The molecule has 1 aliphatic heterocycles. The highest BCUT2D eigenvalue weighted by molar-refractivity contribution is 9.10. The molecule has 5 nitrogen and oxygen atoms in total. The third-order valence-corrected chi connectivity index (χ3v) is 6.60. The zero-order valence-electron chi connectivity index (χ0n) is 17.1. The van der Waals surface area contributed by atoms with Crippen molar-refractivity contribution in [3.8, 4) is 0 Å². The summed E-state index contributed by atoms with van der Waals surface area (Å²) in [5.74, 6) is -0.0526. The highest BCUT2D eigenvalue weighted by Gasteiger charge is 2.42. The maximum atomic E-state index is 13.5. The summed E-state index contributed by atoms with van der Waals surface area (Å²) in [6, 6.07) is 12.9. The van der Waals surface area contributed by atoms with Gasteiger partial charge in [-0.2, -0.15) is 0 Å². The normalized spacial score (nSPS) is 16.0. The summed E-state index contributed by atoms with van der Waals surface area (Å²) in [7, 11) is 4.02. The standard InChI is InChI=1S/C23H23BrN2O3S/c1-25(2)11-4-12-26-20(14-5-8-16(30-3)9-6-14)19-21(27)17-13-15(24)7-10-18(17)29-22(19)23(26)28/h5-10,13,20H,4,11-12H2,1-3H3. The number of rotatable bonds is 6. The minimum atomic E-state index is -0.440. The summed E-state index contributed by atoms with van der Waals surface area (Å²) in [5, 5.41) is 0.483. The lowest BCUT2D eigenvalue weighted by atomic mass is 9.98. The lowest BCUT2D eigenvalue weighted by molar-refractivity contribution is 0.0722. The molecule has 4 rings (SSSR count). The van der Waals surface area contributed by atoms with Crippen LogP contribution in [-0.2, 0) is 0 Å². The van der Waals surface area contributed by atoms with Crippen LogP contribution in [0.15, 0.2) is 61.0 Å². The Morgan fingerprint density at radius 3 is 2.53 bits per heavy atom. The second-order valence-electron chi connectivity index (χ2n) is 7.65. The van der Waals surface area contributed by atoms with Gasteiger partial charge in [0.05, 0.1) is 17.0 Å². The zero-order chi connectivity index (χ0) is 21.4. The van der Waals surface area contributed by atoms with E-state index in [0.29, 0.717) is 23.1 Å². The molecule has 0 saturated carbocycles. The maximum Gasteiger partial charge on any atom is 0.290 e. The van der Waals surface area contributed by atoms with Gasteiger partial charge in [0.2, 0.25) is 5.76 Å². The van der Waals surface area contributed by atoms with Gasteiger partial charge in [-0.3, -0.25) is 9.59 Å². The second kappa shape index (κ2) is 8.57. The van der Waals surface area contributed by atoms with E-state index < -0.39 is 6.04 Å². The van der Waals surface area contributed by atoms with E-state index in [1.54, 1.807) is 28.8 Å². The summed E-state index contributed by atoms with van der Waals surface area (Å²) >= 11 is 5.09. The van der Waals surface area contributed by atoms with E-state index >= 15 is 0 Å². The largest absolute Gasteiger partial charge is 0.450 e. The second-order valence-corrected chi connectivity index (χ2v) is 9.44. The smallest absolute Gasteiger partial charge is 0.290 e. The van der Waals surface area contributed by atoms with E-state index in [-0.39, 0.29) is 17.1 Å². The number of carbonyl (C=O) groups excluding carboxylic acids is 1. The highest BCUT2D eigenvalue weighted by atomic mass is 79.9. The van der Waals surface area contributed by atoms with Crippen molar-refractivity contribution >= 4 is 44.6 Å². The highest BCUT2D eigenvalue weighted by Crippen LogP contribution is 2.38. The molecule has 156 valence electrons. The van der Waals surface area contributed by atoms with E-state index in [2.05, 4.69) is 20.8 Å². The fourth-order valence-corrected chi connectivity index (χ4v) is 4.68. The predicted molar refractivity (Wildman–Crippen MR) is 124 cm³/mol. The summed E-state index contributed by atoms with van der Waals surface area (Å²) in [6.07, 6.45) is 2.83. The first kappa shape index (κ1) is 21.2. The van der Waals surface area contributed by atoms with Gasteiger partial charge in [0.1, 0.15) is 5.58 Å². The molecule has 0 aliphatic carbocycles. The Kier molecular flexibility index (Phi) is 6.04. The van der Waals surface area contributed by atoms with Crippen molar-refractivity contribution in [3.63, 3.8) is 0 Å². The number of halogens is 1. The van der Waals surface area contributed by atoms with E-state index in [9.17, 15) is 9.59 Å². The average molecular weight is 487 g/mol. The van der Waals surface area contributed by atoms with E-state index in [1.807, 2.05) is 50.7 Å². The summed E-state index contributed by atoms with van der Waals surface area (Å²) < 4.78 is 6.78. The molecule has 2 aromatic carbocycles. The third kappa shape index (κ3) is 3.82. The Labute approximate surface area is 188 Å². The Morgan fingerprint density at radius 1 is 1.13 bits per heavy atom. The number of nitrogens with zero attached hydrogens (tertiary/aromatic N) is 2. The molecule has 0 saturated heterocycles. The molecule has 2 heterocycles. The molecule has 0 radical (unpaired) electrons. The van der Waals surface area contributed by atoms with Crippen molar-refractivity contribution in [2.45, 2.75) is 17.4 Å². The minimum absolute atomic E-state index is 0.144. The van der Waals surface area contributed by atoms with Crippen molar-refractivity contribution in [2.24, 2.45) is 0 Å². The summed E-state index contributed by atoms with van der Waals surface area (Å²) in [5.41, 5.74) is 1.65. The van der Waals surface area contributed by atoms with Crippen molar-refractivity contribution in [1.82, 2.24) is 9.80 Å². The summed E-state index contributed by atoms with van der Waals surface area (Å²) in [6.45, 7) is 1.41. The lowest BCUT2D eigenvalue weighted by Gasteiger charge is -2.26. The van der Waals surface area contributed by atoms with Crippen molar-refractivity contribution < 1.29 is 9.21 Å². The van der Waals surface area contributed by atoms with Crippen LogP contribution in [0.25, 0.3) is 11.0 Å². The van der Waals surface area contributed by atoms with Crippen LogP contribution in [0.4, 0.5) is 0 Å². The molecule has 1 aromatic heterocycles. The van der Waals surface area contributed by atoms with Crippen LogP contribution in [0.1, 0.15) is 34.1 Å². The Morgan fingerprint density at radius 2 is 1.87 bits per heavy atom. The van der Waals surface area contributed by atoms with Crippen LogP contribution in [0.3, 0.4) is 0 Å². The first-order chi connectivity index (χ1) is 14.4. The van der Waals surface area contributed by atoms with E-state index in [1.165, 1.54) is 0 Å². The molecular formula is C23H23BrN2O3S. The third-order valence-electron chi connectivity index (χ3n) is 5.36. The first-order valence-corrected chi connectivity index (χ1v) is 11.8. The van der Waals surface area contributed by atoms with Gasteiger partial charge in [-0.25, -0.2) is 0 Å². The Hall–Kier alpha value is -2.09. The van der Waals surface area contributed by atoms with Crippen molar-refractivity contribution in [2.75, 3.05) is 33.4 Å². The average Bonchev–Trinajstić information content (AvgIpc) is 3.01. The monoisotopic (exact) mass is 486 g/mol. The molecule has 0 bridgehead atoms. The van der Waals surface area contributed by atoms with Crippen LogP contribution in [0.2, 0.25) is 0 Å². The number of hydrogen-bond donors (Lipinski definition) is 0. The van der Waals surface area contributed by atoms with E-state index in [0.717, 1.165) is 27.9 Å². The van der Waals surface area contributed by atoms with Gasteiger partial charge in [0.15, 0.2) is 5.43 Å². The molecule has 0 fully saturated rings. The maximum absolute atomic E-state index is 13.5. The van der Waals surface area contributed by atoms with Gasteiger partial charge in [0.25, 0.3) is 5.91 Å². The van der Waals surface area contributed by atoms with Crippen LogP contribution in [-0.4, -0.2) is 49.1 Å². The van der Waals surface area contributed by atoms with Gasteiger partial charge < -0.3 is 14.2 Å². The SMILES string of the molecule is CSc1ccc(C2c3c(oc4ccc(Br)cc4c3=O)C(=O)N2CCCN(C)C)cc1. The molecule has 1 aliphatic rings. The van der Waals surface area contributed by atoms with Gasteiger partial charge >= 0.3 is 0 Å². The molecule has 0 spiro atoms. The number of hydrogen-bond acceptors (Lipinski definition) is 5. The number of amides is 1. The number of carbonyl (C=O) groups is 1. The van der Waals surface area contributed by atoms with Crippen molar-refractivity contribution in [3.05, 3.63) is 74.0 Å². The molecule has 0 N–H and O–H groups in total.